The number of halogens is 3. The number of nitrogens with one attached hydrogen (secondary N) is 1. The van der Waals surface area contributed by atoms with E-state index >= 15 is 4.39 Å². The summed E-state index contributed by atoms with van der Waals surface area (Å²) in [5.41, 5.74) is -1.71. The van der Waals surface area contributed by atoms with Crippen LogP contribution in [0.1, 0.15) is 10.4 Å². The van der Waals surface area contributed by atoms with Crippen LogP contribution in [0.3, 0.4) is 0 Å². The molecule has 0 fully saturated rings. The van der Waals surface area contributed by atoms with Crippen LogP contribution in [0.5, 0.6) is 23.0 Å². The molecule has 42 heavy (non-hydrogen) atoms. The zero-order valence-corrected chi connectivity index (χ0v) is 22.4. The van der Waals surface area contributed by atoms with Gasteiger partial charge in [-0.05, 0) is 42.5 Å². The summed E-state index contributed by atoms with van der Waals surface area (Å²) < 4.78 is 47.7. The number of carbonyl (C=O) groups excluding carboxylic acids is 1. The summed E-state index contributed by atoms with van der Waals surface area (Å²) in [6.45, 7) is 0.700. The Labute approximate surface area is 240 Å². The second kappa shape index (κ2) is 10.6. The fourth-order valence-corrected chi connectivity index (χ4v) is 4.66. The van der Waals surface area contributed by atoms with Crippen LogP contribution < -0.4 is 30.8 Å². The number of carbonyl (C=O) groups is 1. The van der Waals surface area contributed by atoms with E-state index in [2.05, 4.69) is 10.3 Å². The van der Waals surface area contributed by atoms with Crippen molar-refractivity contribution in [3.8, 4) is 28.7 Å². The molecule has 5 aromatic rings. The Balaban J connectivity index is 1.32. The van der Waals surface area contributed by atoms with Gasteiger partial charge in [0.1, 0.15) is 30.3 Å². The first-order valence-electron chi connectivity index (χ1n) is 12.5. The maximum Gasteiger partial charge on any atom is 0.335 e. The van der Waals surface area contributed by atoms with Crippen molar-refractivity contribution in [1.29, 1.82) is 0 Å². The van der Waals surface area contributed by atoms with Gasteiger partial charge in [0, 0.05) is 31.6 Å². The SMILES string of the molecule is Cn1cc(C(=O)Nc2cc(F)c(Oc3ccnc4ccc5c(c34)OCCO5)cc2Cl)c(=O)n(-c2ccc(F)cc2)c1=O. The van der Waals surface area contributed by atoms with Gasteiger partial charge in [-0.25, -0.2) is 18.1 Å². The minimum atomic E-state index is -0.960. The van der Waals surface area contributed by atoms with Crippen molar-refractivity contribution in [3.05, 3.63) is 110 Å². The molecule has 13 heteroatoms. The average Bonchev–Trinajstić information content (AvgIpc) is 2.98. The van der Waals surface area contributed by atoms with Crippen LogP contribution in [0.2, 0.25) is 5.02 Å². The monoisotopic (exact) mass is 592 g/mol. The zero-order valence-electron chi connectivity index (χ0n) is 21.7. The molecule has 0 aliphatic carbocycles. The Kier molecular flexibility index (Phi) is 6.83. The third kappa shape index (κ3) is 4.81. The van der Waals surface area contributed by atoms with Gasteiger partial charge >= 0.3 is 5.69 Å². The van der Waals surface area contributed by atoms with Crippen LogP contribution in [0.25, 0.3) is 16.6 Å². The number of benzene rings is 3. The quantitative estimate of drug-likeness (QED) is 0.311. The van der Waals surface area contributed by atoms with Gasteiger partial charge in [0.15, 0.2) is 23.1 Å². The van der Waals surface area contributed by atoms with Crippen molar-refractivity contribution in [2.45, 2.75) is 0 Å². The molecule has 0 saturated heterocycles. The van der Waals surface area contributed by atoms with Crippen molar-refractivity contribution in [2.75, 3.05) is 18.5 Å². The molecule has 0 spiro atoms. The van der Waals surface area contributed by atoms with E-state index in [1.165, 1.54) is 37.5 Å². The first-order chi connectivity index (χ1) is 20.2. The number of fused-ring (bicyclic) bond motifs is 3. The molecule has 0 saturated carbocycles. The van der Waals surface area contributed by atoms with Gasteiger partial charge in [-0.3, -0.25) is 14.6 Å². The summed E-state index contributed by atoms with van der Waals surface area (Å²) in [5, 5.41) is 2.79. The molecule has 212 valence electrons. The lowest BCUT2D eigenvalue weighted by Gasteiger charge is -2.21. The molecule has 3 aromatic carbocycles. The Bertz CT molecular complexity index is 2010. The van der Waals surface area contributed by atoms with Gasteiger partial charge in [-0.1, -0.05) is 11.6 Å². The van der Waals surface area contributed by atoms with Crippen LogP contribution in [0.15, 0.2) is 76.6 Å². The molecule has 0 bridgehead atoms. The lowest BCUT2D eigenvalue weighted by molar-refractivity contribution is 0.102. The van der Waals surface area contributed by atoms with Crippen molar-refractivity contribution in [1.82, 2.24) is 14.1 Å². The minimum absolute atomic E-state index is 0.0593. The fourth-order valence-electron chi connectivity index (χ4n) is 4.46. The maximum absolute atomic E-state index is 15.3. The van der Waals surface area contributed by atoms with Crippen molar-refractivity contribution in [3.63, 3.8) is 0 Å². The predicted octanol–water partition coefficient (Wildman–Crippen LogP) is 4.83. The summed E-state index contributed by atoms with van der Waals surface area (Å²) in [4.78, 5) is 43.2. The highest BCUT2D eigenvalue weighted by molar-refractivity contribution is 6.34. The van der Waals surface area contributed by atoms with Gasteiger partial charge in [0.25, 0.3) is 11.5 Å². The molecular formula is C29H19ClF2N4O6. The maximum atomic E-state index is 15.3. The number of ether oxygens (including phenoxy) is 3. The molecule has 1 amide bonds. The largest absolute Gasteiger partial charge is 0.486 e. The number of amides is 1. The number of rotatable bonds is 5. The molecule has 10 nitrogen and oxygen atoms in total. The number of aryl methyl sites for hydroxylation is 1. The van der Waals surface area contributed by atoms with Crippen molar-refractivity contribution < 1.29 is 27.8 Å². The van der Waals surface area contributed by atoms with Gasteiger partial charge < -0.3 is 24.1 Å². The third-order valence-corrected chi connectivity index (χ3v) is 6.75. The van der Waals surface area contributed by atoms with Crippen LogP contribution >= 0.6 is 11.6 Å². The van der Waals surface area contributed by atoms with Crippen LogP contribution in [-0.4, -0.2) is 33.2 Å². The molecule has 0 unspecified atom stereocenters. The highest BCUT2D eigenvalue weighted by Gasteiger charge is 2.22. The zero-order chi connectivity index (χ0) is 29.5. The smallest absolute Gasteiger partial charge is 0.335 e. The Morgan fingerprint density at radius 1 is 1.02 bits per heavy atom. The minimum Gasteiger partial charge on any atom is -0.486 e. The normalized spacial score (nSPS) is 12.3. The molecule has 6 rings (SSSR count). The fraction of sp³-hybridized carbons (Fsp3) is 0.103. The standard InChI is InChI=1S/C29H19ClF2N4O6/c1-35-14-17(28(38)36(29(35)39)16-4-2-15(31)3-5-16)27(37)34-21-13-19(32)24(12-18(21)30)42-22-8-9-33-20-6-7-23-26(25(20)22)41-11-10-40-23/h2-9,12-14H,10-11H2,1H3,(H,34,37). The number of hydrogen-bond donors (Lipinski definition) is 1. The number of anilines is 1. The van der Waals surface area contributed by atoms with Crippen LogP contribution in [0.4, 0.5) is 14.5 Å². The van der Waals surface area contributed by atoms with E-state index in [-0.39, 0.29) is 27.9 Å². The van der Waals surface area contributed by atoms with Crippen molar-refractivity contribution >= 4 is 34.1 Å². The average molecular weight is 593 g/mol. The Hall–Kier alpha value is -5.23. The summed E-state index contributed by atoms with van der Waals surface area (Å²) in [6, 6.07) is 11.7. The molecule has 0 atom stereocenters. The summed E-state index contributed by atoms with van der Waals surface area (Å²) in [7, 11) is 1.34. The summed E-state index contributed by atoms with van der Waals surface area (Å²) in [5.74, 6) is -1.49. The first kappa shape index (κ1) is 27.0. The molecular weight excluding hydrogens is 574 g/mol. The molecule has 0 radical (unpaired) electrons. The summed E-state index contributed by atoms with van der Waals surface area (Å²) >= 11 is 6.38. The van der Waals surface area contributed by atoms with E-state index in [0.29, 0.717) is 35.6 Å². The van der Waals surface area contributed by atoms with E-state index in [1.54, 1.807) is 12.1 Å². The number of hydrogen-bond acceptors (Lipinski definition) is 7. The predicted molar refractivity (Wildman–Crippen MR) is 149 cm³/mol. The highest BCUT2D eigenvalue weighted by Crippen LogP contribution is 2.43. The topological polar surface area (TPSA) is 114 Å². The van der Waals surface area contributed by atoms with Gasteiger partial charge in [0.2, 0.25) is 0 Å². The molecule has 1 N–H and O–H groups in total. The van der Waals surface area contributed by atoms with Crippen molar-refractivity contribution in [2.24, 2.45) is 7.05 Å². The molecule has 2 aromatic heterocycles. The Morgan fingerprint density at radius 3 is 2.57 bits per heavy atom. The van der Waals surface area contributed by atoms with E-state index in [0.717, 1.165) is 33.5 Å². The molecule has 1 aliphatic heterocycles. The van der Waals surface area contributed by atoms with Gasteiger partial charge in [-0.2, -0.15) is 0 Å². The lowest BCUT2D eigenvalue weighted by Crippen LogP contribution is -2.41. The van der Waals surface area contributed by atoms with Gasteiger partial charge in [-0.15, -0.1) is 0 Å². The first-order valence-corrected chi connectivity index (χ1v) is 12.8. The third-order valence-electron chi connectivity index (χ3n) is 6.44. The van der Waals surface area contributed by atoms with Gasteiger partial charge in [0.05, 0.1) is 27.3 Å². The summed E-state index contributed by atoms with van der Waals surface area (Å²) in [6.07, 6.45) is 2.54. The van der Waals surface area contributed by atoms with Crippen LogP contribution in [-0.2, 0) is 7.05 Å². The number of aromatic nitrogens is 3. The van der Waals surface area contributed by atoms with E-state index < -0.39 is 34.4 Å². The Morgan fingerprint density at radius 2 is 1.79 bits per heavy atom. The lowest BCUT2D eigenvalue weighted by atomic mass is 10.1. The number of pyridine rings is 1. The van der Waals surface area contributed by atoms with E-state index in [1.807, 2.05) is 0 Å². The molecule has 1 aliphatic rings. The number of nitrogens with zero attached hydrogens (tertiary/aromatic N) is 3. The van der Waals surface area contributed by atoms with E-state index in [9.17, 15) is 18.8 Å². The molecule has 3 heterocycles. The second-order valence-corrected chi connectivity index (χ2v) is 9.57. The highest BCUT2D eigenvalue weighted by atomic mass is 35.5. The second-order valence-electron chi connectivity index (χ2n) is 9.16. The van der Waals surface area contributed by atoms with Crippen LogP contribution in [0, 0.1) is 11.6 Å². The van der Waals surface area contributed by atoms with E-state index in [4.69, 9.17) is 25.8 Å².